The maximum atomic E-state index is 12.1. The number of hydrogen-bond acceptors (Lipinski definition) is 7. The number of ether oxygens (including phenoxy) is 1. The van der Waals surface area contributed by atoms with E-state index in [0.717, 1.165) is 0 Å². The molecule has 1 aliphatic carbocycles. The van der Waals surface area contributed by atoms with Crippen molar-refractivity contribution in [3.63, 3.8) is 0 Å². The van der Waals surface area contributed by atoms with Gasteiger partial charge in [0.1, 0.15) is 12.2 Å². The van der Waals surface area contributed by atoms with Gasteiger partial charge in [0, 0.05) is 18.4 Å². The molecule has 1 fully saturated rings. The van der Waals surface area contributed by atoms with Gasteiger partial charge in [0.25, 0.3) is 15.9 Å². The van der Waals surface area contributed by atoms with E-state index in [0.29, 0.717) is 25.7 Å². The second-order valence-electron chi connectivity index (χ2n) is 5.45. The standard InChI is InChI=1S/C14H16N6O3S/c15-7-12-14(18-6-5-17-12)23-11-3-1-10(2-4-11)20-24(21,22)13-8-16-9-19-13/h5-6,8-11,20H,1-4H2,(H,16,19). The van der Waals surface area contributed by atoms with Crippen molar-refractivity contribution in [2.75, 3.05) is 0 Å². The van der Waals surface area contributed by atoms with Gasteiger partial charge in [-0.15, -0.1) is 0 Å². The van der Waals surface area contributed by atoms with E-state index in [1.807, 2.05) is 6.07 Å². The molecule has 0 unspecified atom stereocenters. The Balaban J connectivity index is 1.56. The number of imidazole rings is 1. The second-order valence-corrected chi connectivity index (χ2v) is 7.13. The quantitative estimate of drug-likeness (QED) is 0.814. The summed E-state index contributed by atoms with van der Waals surface area (Å²) in [6.45, 7) is 0. The monoisotopic (exact) mass is 348 g/mol. The van der Waals surface area contributed by atoms with E-state index in [2.05, 4.69) is 24.7 Å². The molecule has 24 heavy (non-hydrogen) atoms. The number of nitriles is 1. The first-order valence-corrected chi connectivity index (χ1v) is 8.95. The van der Waals surface area contributed by atoms with Crippen molar-refractivity contribution < 1.29 is 13.2 Å². The minimum Gasteiger partial charge on any atom is -0.472 e. The van der Waals surface area contributed by atoms with Gasteiger partial charge < -0.3 is 9.72 Å². The van der Waals surface area contributed by atoms with Crippen molar-refractivity contribution in [3.8, 4) is 11.9 Å². The van der Waals surface area contributed by atoms with Gasteiger partial charge in [-0.25, -0.2) is 28.1 Å². The van der Waals surface area contributed by atoms with Crippen LogP contribution in [0.25, 0.3) is 0 Å². The van der Waals surface area contributed by atoms with Gasteiger partial charge in [-0.3, -0.25) is 0 Å². The van der Waals surface area contributed by atoms with Gasteiger partial charge in [0.05, 0.1) is 12.5 Å². The molecule has 0 bridgehead atoms. The molecule has 0 aromatic carbocycles. The van der Waals surface area contributed by atoms with E-state index < -0.39 is 10.0 Å². The second kappa shape index (κ2) is 6.94. The van der Waals surface area contributed by atoms with E-state index >= 15 is 0 Å². The molecule has 10 heteroatoms. The maximum absolute atomic E-state index is 12.1. The van der Waals surface area contributed by atoms with Crippen LogP contribution >= 0.6 is 0 Å². The van der Waals surface area contributed by atoms with Crippen molar-refractivity contribution in [3.05, 3.63) is 30.6 Å². The minimum absolute atomic E-state index is 0.0547. The Labute approximate surface area is 139 Å². The highest BCUT2D eigenvalue weighted by Gasteiger charge is 2.27. The number of aromatic amines is 1. The Morgan fingerprint density at radius 2 is 2.00 bits per heavy atom. The Morgan fingerprint density at radius 3 is 2.67 bits per heavy atom. The van der Waals surface area contributed by atoms with Gasteiger partial charge in [0.15, 0.2) is 5.03 Å². The highest BCUT2D eigenvalue weighted by Crippen LogP contribution is 2.24. The highest BCUT2D eigenvalue weighted by atomic mass is 32.2. The Hall–Kier alpha value is -2.51. The third-order valence-electron chi connectivity index (χ3n) is 3.81. The predicted molar refractivity (Wildman–Crippen MR) is 82.3 cm³/mol. The van der Waals surface area contributed by atoms with Crippen LogP contribution in [0.3, 0.4) is 0 Å². The molecule has 1 aliphatic rings. The lowest BCUT2D eigenvalue weighted by molar-refractivity contribution is 0.137. The summed E-state index contributed by atoms with van der Waals surface area (Å²) in [5.74, 6) is 0.224. The van der Waals surface area contributed by atoms with Crippen molar-refractivity contribution in [2.45, 2.75) is 42.9 Å². The molecule has 2 N–H and O–H groups in total. The number of nitrogens with zero attached hydrogens (tertiary/aromatic N) is 4. The summed E-state index contributed by atoms with van der Waals surface area (Å²) in [6, 6.07) is 1.78. The fraction of sp³-hybridized carbons (Fsp3) is 0.429. The number of rotatable bonds is 5. The summed E-state index contributed by atoms with van der Waals surface area (Å²) in [4.78, 5) is 14.2. The van der Waals surface area contributed by atoms with Crippen LogP contribution in [0.2, 0.25) is 0 Å². The van der Waals surface area contributed by atoms with Gasteiger partial charge in [-0.1, -0.05) is 0 Å². The van der Waals surface area contributed by atoms with Crippen LogP contribution in [-0.2, 0) is 10.0 Å². The lowest BCUT2D eigenvalue weighted by Gasteiger charge is -2.28. The summed E-state index contributed by atoms with van der Waals surface area (Å²) in [5, 5.41) is 9.05. The Bertz CT molecular complexity index is 822. The molecule has 2 aromatic rings. The number of sulfonamides is 1. The summed E-state index contributed by atoms with van der Waals surface area (Å²) < 4.78 is 32.7. The molecule has 0 aliphatic heterocycles. The van der Waals surface area contributed by atoms with Crippen LogP contribution < -0.4 is 9.46 Å². The lowest BCUT2D eigenvalue weighted by atomic mass is 9.94. The van der Waals surface area contributed by atoms with Crippen molar-refractivity contribution in [1.29, 1.82) is 5.26 Å². The molecule has 0 atom stereocenters. The average molecular weight is 348 g/mol. The average Bonchev–Trinajstić information content (AvgIpc) is 3.12. The van der Waals surface area contributed by atoms with Crippen LogP contribution in [0.5, 0.6) is 5.88 Å². The summed E-state index contributed by atoms with van der Waals surface area (Å²) in [7, 11) is -3.58. The van der Waals surface area contributed by atoms with E-state index in [9.17, 15) is 8.42 Å². The first-order valence-electron chi connectivity index (χ1n) is 7.47. The van der Waals surface area contributed by atoms with E-state index in [-0.39, 0.29) is 28.7 Å². The van der Waals surface area contributed by atoms with Crippen molar-refractivity contribution >= 4 is 10.0 Å². The zero-order valence-corrected chi connectivity index (χ0v) is 13.5. The number of hydrogen-bond donors (Lipinski definition) is 2. The third kappa shape index (κ3) is 3.69. The first-order chi connectivity index (χ1) is 11.6. The molecule has 2 aromatic heterocycles. The van der Waals surface area contributed by atoms with Gasteiger partial charge in [0.2, 0.25) is 5.69 Å². The molecule has 9 nitrogen and oxygen atoms in total. The molecular weight excluding hydrogens is 332 g/mol. The number of aromatic nitrogens is 4. The smallest absolute Gasteiger partial charge is 0.257 e. The van der Waals surface area contributed by atoms with Gasteiger partial charge in [-0.05, 0) is 25.7 Å². The molecule has 126 valence electrons. The Morgan fingerprint density at radius 1 is 1.25 bits per heavy atom. The molecule has 0 amide bonds. The van der Waals surface area contributed by atoms with Crippen LogP contribution in [0.15, 0.2) is 29.9 Å². The number of nitrogens with one attached hydrogen (secondary N) is 2. The summed E-state index contributed by atoms with van der Waals surface area (Å²) in [6.07, 6.45) is 8.01. The SMILES string of the molecule is N#Cc1nccnc1OC1CCC(NS(=O)(=O)c2cnc[nH]2)CC1. The fourth-order valence-electron chi connectivity index (χ4n) is 2.62. The molecule has 0 saturated heterocycles. The van der Waals surface area contributed by atoms with Crippen LogP contribution in [0.1, 0.15) is 31.4 Å². The molecule has 0 radical (unpaired) electrons. The summed E-state index contributed by atoms with van der Waals surface area (Å²) >= 11 is 0. The molecule has 2 heterocycles. The van der Waals surface area contributed by atoms with Crippen LogP contribution in [0.4, 0.5) is 0 Å². The van der Waals surface area contributed by atoms with Gasteiger partial charge >= 0.3 is 0 Å². The third-order valence-corrected chi connectivity index (χ3v) is 5.25. The van der Waals surface area contributed by atoms with E-state index in [1.54, 1.807) is 0 Å². The molecule has 0 spiro atoms. The zero-order valence-electron chi connectivity index (χ0n) is 12.7. The van der Waals surface area contributed by atoms with Crippen LogP contribution in [-0.4, -0.2) is 40.5 Å². The molecule has 1 saturated carbocycles. The minimum atomic E-state index is -3.58. The molecule has 3 rings (SSSR count). The largest absolute Gasteiger partial charge is 0.472 e. The maximum Gasteiger partial charge on any atom is 0.257 e. The lowest BCUT2D eigenvalue weighted by Crippen LogP contribution is -2.39. The number of H-pyrrole nitrogens is 1. The van der Waals surface area contributed by atoms with Gasteiger partial charge in [-0.2, -0.15) is 5.26 Å². The highest BCUT2D eigenvalue weighted by molar-refractivity contribution is 7.89. The first kappa shape index (κ1) is 16.4. The van der Waals surface area contributed by atoms with Crippen molar-refractivity contribution in [1.82, 2.24) is 24.7 Å². The zero-order chi connectivity index (χ0) is 17.0. The van der Waals surface area contributed by atoms with E-state index in [1.165, 1.54) is 24.9 Å². The van der Waals surface area contributed by atoms with Crippen molar-refractivity contribution in [2.24, 2.45) is 0 Å². The molecular formula is C14H16N6O3S. The fourth-order valence-corrected chi connectivity index (χ4v) is 3.83. The topological polar surface area (TPSA) is 134 Å². The summed E-state index contributed by atoms with van der Waals surface area (Å²) in [5.41, 5.74) is 0.152. The normalized spacial score (nSPS) is 21.1. The van der Waals surface area contributed by atoms with Crippen LogP contribution in [0, 0.1) is 11.3 Å². The van der Waals surface area contributed by atoms with E-state index in [4.69, 9.17) is 10.00 Å². The predicted octanol–water partition coefficient (Wildman–Crippen LogP) is 0.740. The Kier molecular flexibility index (Phi) is 4.73.